The maximum absolute atomic E-state index is 12.8. The topological polar surface area (TPSA) is 79.5 Å². The molecule has 1 fully saturated rings. The van der Waals surface area contributed by atoms with Gasteiger partial charge in [0.25, 0.3) is 5.91 Å². The van der Waals surface area contributed by atoms with Crippen molar-refractivity contribution in [1.82, 2.24) is 14.8 Å². The van der Waals surface area contributed by atoms with E-state index in [0.717, 1.165) is 55.2 Å². The number of likely N-dealkylation sites (tertiary alicyclic amines) is 1. The molecule has 1 atom stereocenters. The second-order valence-corrected chi connectivity index (χ2v) is 9.45. The summed E-state index contributed by atoms with van der Waals surface area (Å²) in [5, 5.41) is 12.6. The highest BCUT2D eigenvalue weighted by molar-refractivity contribution is 6.01. The number of carbonyl (C=O) groups excluding carboxylic acids is 1. The first-order valence-electron chi connectivity index (χ1n) is 12.3. The van der Waals surface area contributed by atoms with Crippen LogP contribution >= 0.6 is 0 Å². The Morgan fingerprint density at radius 2 is 1.91 bits per heavy atom. The second kappa shape index (κ2) is 12.6. The van der Waals surface area contributed by atoms with Crippen LogP contribution in [0.5, 0.6) is 5.75 Å². The van der Waals surface area contributed by atoms with Gasteiger partial charge in [-0.15, -0.1) is 0 Å². The van der Waals surface area contributed by atoms with Crippen LogP contribution in [0.15, 0.2) is 35.9 Å². The van der Waals surface area contributed by atoms with Crippen molar-refractivity contribution in [2.24, 2.45) is 5.92 Å². The first-order chi connectivity index (χ1) is 16.9. The molecule has 7 nitrogen and oxygen atoms in total. The largest absolute Gasteiger partial charge is 0.497 e. The normalized spacial score (nSPS) is 16.1. The van der Waals surface area contributed by atoms with E-state index in [2.05, 4.69) is 39.9 Å². The van der Waals surface area contributed by atoms with E-state index in [-0.39, 0.29) is 17.5 Å². The van der Waals surface area contributed by atoms with Crippen molar-refractivity contribution >= 4 is 12.0 Å². The summed E-state index contributed by atoms with van der Waals surface area (Å²) in [5.41, 5.74) is 4.41. The van der Waals surface area contributed by atoms with E-state index in [1.54, 1.807) is 20.3 Å². The predicted molar refractivity (Wildman–Crippen MR) is 138 cm³/mol. The number of hydrogen-bond acceptors (Lipinski definition) is 5. The van der Waals surface area contributed by atoms with Gasteiger partial charge < -0.3 is 19.4 Å². The predicted octanol–water partition coefficient (Wildman–Crippen LogP) is 4.26. The van der Waals surface area contributed by atoms with Gasteiger partial charge in [0.15, 0.2) is 0 Å². The van der Waals surface area contributed by atoms with Crippen molar-refractivity contribution in [2.75, 3.05) is 40.5 Å². The fourth-order valence-electron chi connectivity index (χ4n) is 4.92. The highest BCUT2D eigenvalue weighted by Crippen LogP contribution is 2.23. The maximum Gasteiger partial charge on any atom is 0.261 e. The third-order valence-electron chi connectivity index (χ3n) is 6.86. The van der Waals surface area contributed by atoms with Crippen LogP contribution in [0.4, 0.5) is 0 Å². The Morgan fingerprint density at radius 3 is 2.51 bits per heavy atom. The summed E-state index contributed by atoms with van der Waals surface area (Å²) in [6.45, 7) is 10.3. The Hall–Kier alpha value is -3.08. The molecule has 1 aliphatic heterocycles. The van der Waals surface area contributed by atoms with Gasteiger partial charge in [-0.25, -0.2) is 0 Å². The van der Waals surface area contributed by atoms with Crippen LogP contribution in [-0.4, -0.2) is 55.8 Å². The summed E-state index contributed by atoms with van der Waals surface area (Å²) in [6, 6.07) is 12.5. The third kappa shape index (κ3) is 6.97. The quantitative estimate of drug-likeness (QED) is 0.408. The number of carbonyl (C=O) groups is 1. The van der Waals surface area contributed by atoms with Crippen molar-refractivity contribution in [3.63, 3.8) is 0 Å². The molecule has 0 aliphatic carbocycles. The van der Waals surface area contributed by atoms with Gasteiger partial charge in [-0.05, 0) is 88.0 Å². The van der Waals surface area contributed by atoms with Gasteiger partial charge in [0.05, 0.1) is 19.8 Å². The number of ether oxygens (including phenoxy) is 2. The minimum absolute atomic E-state index is 0.140. The lowest BCUT2D eigenvalue weighted by atomic mass is 9.96. The molecule has 1 aliphatic rings. The van der Waals surface area contributed by atoms with E-state index in [9.17, 15) is 10.1 Å². The van der Waals surface area contributed by atoms with Crippen LogP contribution in [0.3, 0.4) is 0 Å². The number of piperidine rings is 1. The summed E-state index contributed by atoms with van der Waals surface area (Å²) < 4.78 is 12.7. The van der Waals surface area contributed by atoms with Gasteiger partial charge in [-0.3, -0.25) is 9.69 Å². The zero-order valence-electron chi connectivity index (χ0n) is 21.6. The number of nitriles is 1. The number of methoxy groups -OCH3 is 2. The van der Waals surface area contributed by atoms with Gasteiger partial charge in [-0.2, -0.15) is 5.26 Å². The van der Waals surface area contributed by atoms with Crippen molar-refractivity contribution in [1.29, 1.82) is 5.26 Å². The second-order valence-electron chi connectivity index (χ2n) is 9.45. The monoisotopic (exact) mass is 478 g/mol. The van der Waals surface area contributed by atoms with Crippen molar-refractivity contribution in [3.05, 3.63) is 58.4 Å². The highest BCUT2D eigenvalue weighted by atomic mass is 16.5. The number of nitrogens with zero attached hydrogens (tertiary/aromatic N) is 3. The van der Waals surface area contributed by atoms with Crippen LogP contribution in [0.1, 0.15) is 48.3 Å². The average Bonchev–Trinajstić information content (AvgIpc) is 3.14. The number of amides is 1. The minimum atomic E-state index is -0.303. The number of nitrogens with one attached hydrogen (secondary N) is 1. The van der Waals surface area contributed by atoms with Crippen LogP contribution in [0, 0.1) is 31.1 Å². The number of hydrogen-bond donors (Lipinski definition) is 1. The van der Waals surface area contributed by atoms with Crippen molar-refractivity contribution < 1.29 is 14.3 Å². The van der Waals surface area contributed by atoms with Crippen LogP contribution < -0.4 is 10.1 Å². The molecule has 1 N–H and O–H groups in total. The molecular weight excluding hydrogens is 440 g/mol. The van der Waals surface area contributed by atoms with Crippen LogP contribution in [0.25, 0.3) is 6.08 Å². The minimum Gasteiger partial charge on any atom is -0.497 e. The summed E-state index contributed by atoms with van der Waals surface area (Å²) in [4.78, 5) is 15.2. The summed E-state index contributed by atoms with van der Waals surface area (Å²) in [5.74, 6) is 0.992. The van der Waals surface area contributed by atoms with Crippen LogP contribution in [0.2, 0.25) is 0 Å². The summed E-state index contributed by atoms with van der Waals surface area (Å²) in [6.07, 6.45) is 3.76. The zero-order valence-corrected chi connectivity index (χ0v) is 21.6. The van der Waals surface area contributed by atoms with E-state index in [1.807, 2.05) is 32.0 Å². The lowest BCUT2D eigenvalue weighted by molar-refractivity contribution is -0.117. The molecule has 1 saturated heterocycles. The summed E-state index contributed by atoms with van der Waals surface area (Å²) in [7, 11) is 3.37. The van der Waals surface area contributed by atoms with Gasteiger partial charge >= 0.3 is 0 Å². The SMILES string of the molecule is COCC(C)n1c(C)cc(/C=C(/C#N)C(=O)NCC2CCN(Cc3ccc(OC)cc3)CC2)c1C. The van der Waals surface area contributed by atoms with E-state index in [0.29, 0.717) is 19.1 Å². The number of rotatable bonds is 10. The third-order valence-corrected chi connectivity index (χ3v) is 6.86. The molecule has 3 rings (SSSR count). The van der Waals surface area contributed by atoms with E-state index in [1.165, 1.54) is 5.56 Å². The Morgan fingerprint density at radius 1 is 1.23 bits per heavy atom. The van der Waals surface area contributed by atoms with Gasteiger partial charge in [0, 0.05) is 31.6 Å². The Balaban J connectivity index is 1.52. The number of benzene rings is 1. The van der Waals surface area contributed by atoms with Gasteiger partial charge in [0.1, 0.15) is 17.4 Å². The lowest BCUT2D eigenvalue weighted by Crippen LogP contribution is -2.38. The highest BCUT2D eigenvalue weighted by Gasteiger charge is 2.21. The molecule has 188 valence electrons. The molecule has 7 heteroatoms. The van der Waals surface area contributed by atoms with E-state index >= 15 is 0 Å². The number of aromatic nitrogens is 1. The molecule has 1 amide bonds. The lowest BCUT2D eigenvalue weighted by Gasteiger charge is -2.32. The fraction of sp³-hybridized carbons (Fsp3) is 0.500. The van der Waals surface area contributed by atoms with Crippen LogP contribution in [-0.2, 0) is 16.1 Å². The smallest absolute Gasteiger partial charge is 0.261 e. The molecule has 0 saturated carbocycles. The fourth-order valence-corrected chi connectivity index (χ4v) is 4.92. The standard InChI is InChI=1S/C28H38N4O3/c1-20-14-25(22(3)32(20)21(2)19-34-4)15-26(16-29)28(33)30-17-23-10-12-31(13-11-23)18-24-6-8-27(35-5)9-7-24/h6-9,14-15,21,23H,10-13,17-19H2,1-5H3,(H,30,33)/b26-15-. The van der Waals surface area contributed by atoms with E-state index < -0.39 is 0 Å². The van der Waals surface area contributed by atoms with Gasteiger partial charge in [0.2, 0.25) is 0 Å². The first kappa shape index (κ1) is 26.5. The van der Waals surface area contributed by atoms with Crippen molar-refractivity contribution in [3.8, 4) is 11.8 Å². The molecule has 2 heterocycles. The Labute approximate surface area is 209 Å². The zero-order chi connectivity index (χ0) is 25.4. The molecule has 1 aromatic carbocycles. The molecule has 0 radical (unpaired) electrons. The molecule has 2 aromatic rings. The summed E-state index contributed by atoms with van der Waals surface area (Å²) >= 11 is 0. The first-order valence-corrected chi connectivity index (χ1v) is 12.3. The number of aryl methyl sites for hydroxylation is 1. The Bertz CT molecular complexity index is 1060. The average molecular weight is 479 g/mol. The molecule has 1 unspecified atom stereocenters. The molecule has 1 aromatic heterocycles. The Kier molecular flexibility index (Phi) is 9.53. The van der Waals surface area contributed by atoms with E-state index in [4.69, 9.17) is 9.47 Å². The molecular formula is C28H38N4O3. The van der Waals surface area contributed by atoms with Gasteiger partial charge in [-0.1, -0.05) is 12.1 Å². The molecule has 0 bridgehead atoms. The molecule has 0 spiro atoms. The maximum atomic E-state index is 12.8. The van der Waals surface area contributed by atoms with Crippen molar-refractivity contribution in [2.45, 2.75) is 46.2 Å². The molecule has 35 heavy (non-hydrogen) atoms.